The summed E-state index contributed by atoms with van der Waals surface area (Å²) >= 11 is 0. The maximum Gasteiger partial charge on any atom is 0.223 e. The van der Waals surface area contributed by atoms with E-state index in [0.717, 1.165) is 45.6 Å². The highest BCUT2D eigenvalue weighted by atomic mass is 16.1. The first kappa shape index (κ1) is 17.4. The van der Waals surface area contributed by atoms with Gasteiger partial charge in [0.05, 0.1) is 6.04 Å². The number of hydrogen-bond donors (Lipinski definition) is 1. The lowest BCUT2D eigenvalue weighted by molar-refractivity contribution is -0.125. The lowest BCUT2D eigenvalue weighted by Crippen LogP contribution is -2.48. The summed E-state index contributed by atoms with van der Waals surface area (Å²) < 4.78 is 0. The Morgan fingerprint density at radius 2 is 1.75 bits per heavy atom. The summed E-state index contributed by atoms with van der Waals surface area (Å²) in [6.07, 6.45) is 4.54. The van der Waals surface area contributed by atoms with E-state index in [1.807, 2.05) is 0 Å². The molecule has 132 valence electrons. The van der Waals surface area contributed by atoms with Gasteiger partial charge in [-0.05, 0) is 32.4 Å². The first-order valence-corrected chi connectivity index (χ1v) is 9.40. The molecule has 0 bridgehead atoms. The highest BCUT2D eigenvalue weighted by Gasteiger charge is 2.27. The van der Waals surface area contributed by atoms with Crippen LogP contribution in [-0.4, -0.2) is 55.5 Å². The van der Waals surface area contributed by atoms with Crippen LogP contribution < -0.4 is 5.32 Å². The van der Waals surface area contributed by atoms with E-state index < -0.39 is 0 Å². The molecule has 1 aromatic carbocycles. The average Bonchev–Trinajstić information content (AvgIpc) is 3.12. The molecule has 0 aromatic heterocycles. The number of benzene rings is 1. The molecule has 1 aliphatic heterocycles. The van der Waals surface area contributed by atoms with E-state index in [2.05, 4.69) is 53.4 Å². The molecular formula is C20H31N3O. The molecule has 1 aromatic rings. The molecule has 0 spiro atoms. The van der Waals surface area contributed by atoms with Crippen molar-refractivity contribution in [3.05, 3.63) is 35.4 Å². The van der Waals surface area contributed by atoms with E-state index in [-0.39, 0.29) is 17.9 Å². The molecule has 2 fully saturated rings. The first-order valence-electron chi connectivity index (χ1n) is 9.40. The fraction of sp³-hybridized carbons (Fsp3) is 0.650. The van der Waals surface area contributed by atoms with Crippen molar-refractivity contribution in [2.45, 2.75) is 38.6 Å². The van der Waals surface area contributed by atoms with Gasteiger partial charge in [-0.3, -0.25) is 9.69 Å². The molecule has 0 unspecified atom stereocenters. The van der Waals surface area contributed by atoms with Gasteiger partial charge in [-0.25, -0.2) is 0 Å². The third-order valence-electron chi connectivity index (χ3n) is 5.64. The van der Waals surface area contributed by atoms with Crippen molar-refractivity contribution in [3.63, 3.8) is 0 Å². The minimum atomic E-state index is 0.246. The minimum absolute atomic E-state index is 0.246. The highest BCUT2D eigenvalue weighted by molar-refractivity contribution is 5.78. The Hall–Kier alpha value is -1.39. The largest absolute Gasteiger partial charge is 0.354 e. The maximum atomic E-state index is 12.4. The second kappa shape index (κ2) is 8.13. The van der Waals surface area contributed by atoms with Crippen LogP contribution in [0.25, 0.3) is 0 Å². The second-order valence-electron chi connectivity index (χ2n) is 7.49. The van der Waals surface area contributed by atoms with Crippen LogP contribution in [0.15, 0.2) is 24.3 Å². The zero-order chi connectivity index (χ0) is 16.9. The van der Waals surface area contributed by atoms with Crippen LogP contribution in [0.2, 0.25) is 0 Å². The van der Waals surface area contributed by atoms with E-state index in [9.17, 15) is 4.79 Å². The van der Waals surface area contributed by atoms with E-state index in [0.29, 0.717) is 0 Å². The number of carbonyl (C=O) groups is 1. The van der Waals surface area contributed by atoms with Gasteiger partial charge in [-0.15, -0.1) is 0 Å². The predicted octanol–water partition coefficient (Wildman–Crippen LogP) is 2.59. The van der Waals surface area contributed by atoms with Crippen LogP contribution in [0, 0.1) is 12.8 Å². The summed E-state index contributed by atoms with van der Waals surface area (Å²) in [5.41, 5.74) is 2.60. The molecule has 1 N–H and O–H groups in total. The topological polar surface area (TPSA) is 35.6 Å². The summed E-state index contributed by atoms with van der Waals surface area (Å²) in [4.78, 5) is 17.3. The lowest BCUT2D eigenvalue weighted by atomic mass is 10.0. The smallest absolute Gasteiger partial charge is 0.223 e. The Labute approximate surface area is 146 Å². The zero-order valence-corrected chi connectivity index (χ0v) is 15.1. The van der Waals surface area contributed by atoms with Crippen molar-refractivity contribution in [1.29, 1.82) is 0 Å². The monoisotopic (exact) mass is 329 g/mol. The molecule has 1 heterocycles. The first-order chi connectivity index (χ1) is 11.6. The zero-order valence-electron chi connectivity index (χ0n) is 15.1. The summed E-state index contributed by atoms with van der Waals surface area (Å²) in [5.74, 6) is 0.509. The van der Waals surface area contributed by atoms with Gasteiger partial charge in [0.25, 0.3) is 0 Å². The summed E-state index contributed by atoms with van der Waals surface area (Å²) in [6.45, 7) is 7.17. The molecule has 1 aliphatic carbocycles. The number of piperazine rings is 1. The summed E-state index contributed by atoms with van der Waals surface area (Å²) in [5, 5.41) is 3.25. The number of rotatable bonds is 5. The molecule has 1 atom stereocenters. The molecule has 1 saturated carbocycles. The summed E-state index contributed by atoms with van der Waals surface area (Å²) in [7, 11) is 2.18. The second-order valence-corrected chi connectivity index (χ2v) is 7.49. The van der Waals surface area contributed by atoms with Crippen LogP contribution in [-0.2, 0) is 4.79 Å². The number of nitrogens with zero attached hydrogens (tertiary/aromatic N) is 2. The van der Waals surface area contributed by atoms with Crippen molar-refractivity contribution in [2.24, 2.45) is 5.92 Å². The van der Waals surface area contributed by atoms with Crippen LogP contribution in [0.3, 0.4) is 0 Å². The molecule has 0 radical (unpaired) electrons. The van der Waals surface area contributed by atoms with Crippen molar-refractivity contribution < 1.29 is 4.79 Å². The molecule has 1 amide bonds. The van der Waals surface area contributed by atoms with Crippen molar-refractivity contribution in [1.82, 2.24) is 15.1 Å². The maximum absolute atomic E-state index is 12.4. The van der Waals surface area contributed by atoms with Gasteiger partial charge in [-0.1, -0.05) is 42.7 Å². The molecule has 1 saturated heterocycles. The highest BCUT2D eigenvalue weighted by Crippen LogP contribution is 2.26. The average molecular weight is 329 g/mol. The van der Waals surface area contributed by atoms with Gasteiger partial charge >= 0.3 is 0 Å². The van der Waals surface area contributed by atoms with Gasteiger partial charge in [0.15, 0.2) is 0 Å². The Bertz CT molecular complexity index is 528. The van der Waals surface area contributed by atoms with Crippen LogP contribution in [0.4, 0.5) is 0 Å². The lowest BCUT2D eigenvalue weighted by Gasteiger charge is -2.38. The normalized spacial score (nSPS) is 21.8. The van der Waals surface area contributed by atoms with Crippen LogP contribution in [0.5, 0.6) is 0 Å². The number of nitrogens with one attached hydrogen (secondary N) is 1. The van der Waals surface area contributed by atoms with E-state index >= 15 is 0 Å². The number of carbonyl (C=O) groups excluding carboxylic acids is 1. The number of hydrogen-bond acceptors (Lipinski definition) is 3. The molecule has 4 heteroatoms. The third kappa shape index (κ3) is 4.37. The Kier molecular flexibility index (Phi) is 5.90. The number of likely N-dealkylation sites (N-methyl/N-ethyl adjacent to an activating group) is 1. The van der Waals surface area contributed by atoms with Gasteiger partial charge < -0.3 is 10.2 Å². The predicted molar refractivity (Wildman–Crippen MR) is 98.0 cm³/mol. The fourth-order valence-corrected chi connectivity index (χ4v) is 3.91. The van der Waals surface area contributed by atoms with Crippen LogP contribution in [0.1, 0.15) is 42.9 Å². The van der Waals surface area contributed by atoms with Gasteiger partial charge in [0.2, 0.25) is 5.91 Å². The van der Waals surface area contributed by atoms with Crippen LogP contribution >= 0.6 is 0 Å². The number of amides is 1. The molecule has 4 nitrogen and oxygen atoms in total. The number of aryl methyl sites for hydroxylation is 1. The van der Waals surface area contributed by atoms with Gasteiger partial charge in [-0.2, -0.15) is 0 Å². The van der Waals surface area contributed by atoms with Crippen molar-refractivity contribution in [3.8, 4) is 0 Å². The minimum Gasteiger partial charge on any atom is -0.354 e. The van der Waals surface area contributed by atoms with E-state index in [1.54, 1.807) is 0 Å². The Morgan fingerprint density at radius 1 is 1.12 bits per heavy atom. The van der Waals surface area contributed by atoms with E-state index in [4.69, 9.17) is 0 Å². The SMILES string of the molecule is Cc1ccc([C@@H](CNC(=O)C2CCCC2)N2CCN(C)CC2)cc1. The van der Waals surface area contributed by atoms with Gasteiger partial charge in [0.1, 0.15) is 0 Å². The fourth-order valence-electron chi connectivity index (χ4n) is 3.91. The van der Waals surface area contributed by atoms with Crippen molar-refractivity contribution >= 4 is 5.91 Å². The molecular weight excluding hydrogens is 298 g/mol. The quantitative estimate of drug-likeness (QED) is 0.902. The summed E-state index contributed by atoms with van der Waals surface area (Å²) in [6, 6.07) is 9.08. The van der Waals surface area contributed by atoms with Gasteiger partial charge in [0, 0.05) is 38.6 Å². The van der Waals surface area contributed by atoms with Crippen molar-refractivity contribution in [2.75, 3.05) is 39.8 Å². The standard InChI is InChI=1S/C20H31N3O/c1-16-7-9-17(10-8-16)19(23-13-11-22(2)12-14-23)15-21-20(24)18-5-3-4-6-18/h7-10,18-19H,3-6,11-15H2,1-2H3,(H,21,24)/t19-/m1/s1. The molecule has 2 aliphatic rings. The van der Waals surface area contributed by atoms with E-state index in [1.165, 1.54) is 24.0 Å². The Balaban J connectivity index is 1.66. The molecule has 24 heavy (non-hydrogen) atoms. The third-order valence-corrected chi connectivity index (χ3v) is 5.64. The molecule has 3 rings (SSSR count). The Morgan fingerprint density at radius 3 is 2.38 bits per heavy atom.